The number of pyridine rings is 1. The van der Waals surface area contributed by atoms with Gasteiger partial charge in [0.15, 0.2) is 0 Å². The van der Waals surface area contributed by atoms with Crippen LogP contribution in [0.1, 0.15) is 26.7 Å². The van der Waals surface area contributed by atoms with Crippen LogP contribution in [0.25, 0.3) is 6.08 Å². The zero-order valence-corrected chi connectivity index (χ0v) is 24.9. The summed E-state index contributed by atoms with van der Waals surface area (Å²) >= 11 is 7.38. The Morgan fingerprint density at radius 3 is 2.02 bits per heavy atom. The third kappa shape index (κ3) is 8.44. The molecule has 0 aliphatic rings. The Kier molecular flexibility index (Phi) is 10.2. The molecule has 3 N–H and O–H groups in total. The maximum atomic E-state index is 13.4. The molecule has 44 heavy (non-hydrogen) atoms. The van der Waals surface area contributed by atoms with E-state index in [9.17, 15) is 14.4 Å². The van der Waals surface area contributed by atoms with Crippen LogP contribution < -0.4 is 16.0 Å². The number of carbonyl (C=O) groups is 3. The third-order valence-electron chi connectivity index (χ3n) is 6.34. The van der Waals surface area contributed by atoms with Gasteiger partial charge in [0.1, 0.15) is 10.9 Å². The topological polar surface area (TPSA) is 100 Å². The maximum absolute atomic E-state index is 13.4. The fraction of sp³-hybridized carbons (Fsp3) is 0.0286. The number of nitrogens with zero attached hydrogens (tertiary/aromatic N) is 1. The van der Waals surface area contributed by atoms with Crippen molar-refractivity contribution in [3.63, 3.8) is 0 Å². The van der Waals surface area contributed by atoms with Crippen LogP contribution in [0.5, 0.6) is 0 Å². The minimum Gasteiger partial charge on any atom is -0.325 e. The Labute approximate surface area is 264 Å². The summed E-state index contributed by atoms with van der Waals surface area (Å²) in [6.45, 7) is 0. The quantitative estimate of drug-likeness (QED) is 0.110. The molecule has 0 bridgehead atoms. The Hall–Kier alpha value is -5.18. The van der Waals surface area contributed by atoms with E-state index in [4.69, 9.17) is 11.6 Å². The molecule has 218 valence electrons. The molecule has 0 radical (unpaired) electrons. The standard InChI is InChI=1S/C35H27ClN4O3S/c36-27-13-15-28(16-14-27)39-35(43)32(25-9-3-1-4-10-25)44-30-19-17-29(18-20-30)38-34(42)31(22-24-8-7-21-37-23-24)40-33(41)26-11-5-2-6-12-26/h1-23,32H,(H,38,42)(H,39,43)(H,40,41)/b31-22-. The van der Waals surface area contributed by atoms with Crippen LogP contribution in [0.15, 0.2) is 144 Å². The van der Waals surface area contributed by atoms with Gasteiger partial charge in [0.05, 0.1) is 0 Å². The Morgan fingerprint density at radius 2 is 1.36 bits per heavy atom. The van der Waals surface area contributed by atoms with Crippen LogP contribution in [-0.2, 0) is 9.59 Å². The zero-order valence-electron chi connectivity index (χ0n) is 23.3. The first-order valence-corrected chi connectivity index (χ1v) is 14.9. The highest BCUT2D eigenvalue weighted by atomic mass is 35.5. The first kappa shape index (κ1) is 30.3. The second kappa shape index (κ2) is 14.8. The molecule has 0 aliphatic heterocycles. The van der Waals surface area contributed by atoms with Gasteiger partial charge in [-0.05, 0) is 83.9 Å². The third-order valence-corrected chi connectivity index (χ3v) is 7.86. The highest BCUT2D eigenvalue weighted by Gasteiger charge is 2.22. The van der Waals surface area contributed by atoms with E-state index in [2.05, 4.69) is 20.9 Å². The highest BCUT2D eigenvalue weighted by molar-refractivity contribution is 8.00. The number of nitrogens with one attached hydrogen (secondary N) is 3. The second-order valence-corrected chi connectivity index (χ2v) is 11.2. The van der Waals surface area contributed by atoms with Crippen molar-refractivity contribution in [1.29, 1.82) is 0 Å². The van der Waals surface area contributed by atoms with Gasteiger partial charge in [0.2, 0.25) is 5.91 Å². The molecule has 5 aromatic rings. The normalized spacial score (nSPS) is 11.7. The first-order valence-electron chi connectivity index (χ1n) is 13.6. The van der Waals surface area contributed by atoms with Gasteiger partial charge in [-0.2, -0.15) is 0 Å². The molecule has 0 saturated carbocycles. The molecule has 4 aromatic carbocycles. The first-order chi connectivity index (χ1) is 21.4. The van der Waals surface area contributed by atoms with Crippen molar-refractivity contribution in [3.8, 4) is 0 Å². The van der Waals surface area contributed by atoms with Crippen LogP contribution in [0.3, 0.4) is 0 Å². The van der Waals surface area contributed by atoms with Gasteiger partial charge in [0.25, 0.3) is 11.8 Å². The predicted octanol–water partition coefficient (Wildman–Crippen LogP) is 7.62. The number of amides is 3. The highest BCUT2D eigenvalue weighted by Crippen LogP contribution is 2.37. The van der Waals surface area contributed by atoms with Crippen LogP contribution >= 0.6 is 23.4 Å². The van der Waals surface area contributed by atoms with E-state index < -0.39 is 17.1 Å². The number of halogens is 1. The average Bonchev–Trinajstić information content (AvgIpc) is 3.06. The second-order valence-electron chi connectivity index (χ2n) is 9.55. The van der Waals surface area contributed by atoms with E-state index in [1.807, 2.05) is 48.5 Å². The fourth-order valence-corrected chi connectivity index (χ4v) is 5.31. The van der Waals surface area contributed by atoms with E-state index in [-0.39, 0.29) is 11.6 Å². The van der Waals surface area contributed by atoms with E-state index in [0.717, 1.165) is 10.5 Å². The molecule has 5 rings (SSSR count). The van der Waals surface area contributed by atoms with Gasteiger partial charge in [0, 0.05) is 39.3 Å². The molecule has 0 fully saturated rings. The SMILES string of the molecule is O=C(Nc1ccc(SC(C(=O)Nc2ccc(Cl)cc2)c2ccccc2)cc1)/C(=C/c1cccnc1)NC(=O)c1ccccc1. The number of carbonyl (C=O) groups excluding carboxylic acids is 3. The molecule has 9 heteroatoms. The molecular formula is C35H27ClN4O3S. The van der Waals surface area contributed by atoms with Gasteiger partial charge in [-0.3, -0.25) is 19.4 Å². The van der Waals surface area contributed by atoms with E-state index in [1.54, 1.807) is 91.3 Å². The summed E-state index contributed by atoms with van der Waals surface area (Å²) in [5, 5.41) is 8.59. The molecule has 1 heterocycles. The number of anilines is 2. The van der Waals surface area contributed by atoms with Gasteiger partial charge in [-0.25, -0.2) is 0 Å². The number of hydrogen-bond acceptors (Lipinski definition) is 5. The lowest BCUT2D eigenvalue weighted by Crippen LogP contribution is -2.30. The lowest BCUT2D eigenvalue weighted by atomic mass is 10.1. The van der Waals surface area contributed by atoms with Crippen LogP contribution in [0.2, 0.25) is 5.02 Å². The average molecular weight is 619 g/mol. The summed E-state index contributed by atoms with van der Waals surface area (Å²) in [5.41, 5.74) is 3.16. The minimum atomic E-state index is -0.533. The van der Waals surface area contributed by atoms with Crippen molar-refractivity contribution in [1.82, 2.24) is 10.3 Å². The summed E-state index contributed by atoms with van der Waals surface area (Å²) in [6, 6.07) is 35.8. The van der Waals surface area contributed by atoms with E-state index in [1.165, 1.54) is 11.8 Å². The predicted molar refractivity (Wildman–Crippen MR) is 176 cm³/mol. The number of thioether (sulfide) groups is 1. The van der Waals surface area contributed by atoms with Crippen molar-refractivity contribution in [2.24, 2.45) is 0 Å². The van der Waals surface area contributed by atoms with Crippen molar-refractivity contribution >= 4 is 58.5 Å². The Bertz CT molecular complexity index is 1750. The molecule has 1 atom stereocenters. The van der Waals surface area contributed by atoms with Gasteiger partial charge in [-0.15, -0.1) is 11.8 Å². The summed E-state index contributed by atoms with van der Waals surface area (Å²) in [7, 11) is 0. The number of rotatable bonds is 10. The summed E-state index contributed by atoms with van der Waals surface area (Å²) < 4.78 is 0. The summed E-state index contributed by atoms with van der Waals surface area (Å²) in [6.07, 6.45) is 4.79. The molecule has 1 aromatic heterocycles. The number of aromatic nitrogens is 1. The van der Waals surface area contributed by atoms with Crippen molar-refractivity contribution in [2.75, 3.05) is 10.6 Å². The zero-order chi connectivity index (χ0) is 30.7. The van der Waals surface area contributed by atoms with Gasteiger partial charge < -0.3 is 16.0 Å². The van der Waals surface area contributed by atoms with Crippen molar-refractivity contribution in [2.45, 2.75) is 10.1 Å². The number of hydrogen-bond donors (Lipinski definition) is 3. The van der Waals surface area contributed by atoms with Crippen LogP contribution in [0, 0.1) is 0 Å². The lowest BCUT2D eigenvalue weighted by molar-refractivity contribution is -0.116. The summed E-state index contributed by atoms with van der Waals surface area (Å²) in [5.74, 6) is -1.09. The number of benzene rings is 4. The summed E-state index contributed by atoms with van der Waals surface area (Å²) in [4.78, 5) is 44.5. The smallest absolute Gasteiger partial charge is 0.272 e. The van der Waals surface area contributed by atoms with Crippen molar-refractivity contribution in [3.05, 3.63) is 161 Å². The lowest BCUT2D eigenvalue weighted by Gasteiger charge is -2.17. The van der Waals surface area contributed by atoms with Gasteiger partial charge in [-0.1, -0.05) is 66.2 Å². The fourth-order valence-electron chi connectivity index (χ4n) is 4.16. The molecule has 0 spiro atoms. The minimum absolute atomic E-state index is 0.0633. The molecule has 3 amide bonds. The maximum Gasteiger partial charge on any atom is 0.272 e. The molecule has 0 aliphatic carbocycles. The van der Waals surface area contributed by atoms with E-state index in [0.29, 0.717) is 27.5 Å². The van der Waals surface area contributed by atoms with Crippen LogP contribution in [0.4, 0.5) is 11.4 Å². The molecule has 7 nitrogen and oxygen atoms in total. The molecule has 1 unspecified atom stereocenters. The van der Waals surface area contributed by atoms with E-state index >= 15 is 0 Å². The van der Waals surface area contributed by atoms with Crippen LogP contribution in [-0.4, -0.2) is 22.7 Å². The molecule has 0 saturated heterocycles. The molecular weight excluding hydrogens is 592 g/mol. The Balaban J connectivity index is 1.31. The van der Waals surface area contributed by atoms with Crippen molar-refractivity contribution < 1.29 is 14.4 Å². The largest absolute Gasteiger partial charge is 0.325 e. The monoisotopic (exact) mass is 618 g/mol. The van der Waals surface area contributed by atoms with Gasteiger partial charge >= 0.3 is 0 Å². The Morgan fingerprint density at radius 1 is 0.727 bits per heavy atom.